The lowest BCUT2D eigenvalue weighted by molar-refractivity contribution is 0.537. The molecule has 0 saturated carbocycles. The molecule has 2 nitrogen and oxygen atoms in total. The van der Waals surface area contributed by atoms with Crippen molar-refractivity contribution in [3.63, 3.8) is 0 Å². The molecule has 0 spiro atoms. The Hall–Kier alpha value is -2.48. The van der Waals surface area contributed by atoms with Crippen molar-refractivity contribution < 1.29 is 4.42 Å². The van der Waals surface area contributed by atoms with Crippen LogP contribution in [-0.2, 0) is 25.7 Å². The summed E-state index contributed by atoms with van der Waals surface area (Å²) in [4.78, 5) is 2.42. The Labute approximate surface area is 161 Å². The van der Waals surface area contributed by atoms with E-state index in [1.54, 1.807) is 0 Å². The molecule has 0 radical (unpaired) electrons. The lowest BCUT2D eigenvalue weighted by atomic mass is 9.89. The number of benzene rings is 2. The summed E-state index contributed by atoms with van der Waals surface area (Å²) in [6.45, 7) is 4.26. The van der Waals surface area contributed by atoms with E-state index in [2.05, 4.69) is 61.2 Å². The average molecular weight is 357 g/mol. The summed E-state index contributed by atoms with van der Waals surface area (Å²) >= 11 is 0. The van der Waals surface area contributed by atoms with Crippen molar-refractivity contribution >= 4 is 17.3 Å². The predicted octanol–water partition coefficient (Wildman–Crippen LogP) is 6.73. The minimum Gasteiger partial charge on any atom is -0.445 e. The molecule has 0 amide bonds. The molecular formula is C25H27NO. The van der Waals surface area contributed by atoms with Crippen LogP contribution in [0.2, 0.25) is 0 Å². The molecule has 3 aromatic rings. The van der Waals surface area contributed by atoms with Crippen molar-refractivity contribution in [1.82, 2.24) is 0 Å². The molecule has 0 fully saturated rings. The average Bonchev–Trinajstić information content (AvgIpc) is 3.02. The van der Waals surface area contributed by atoms with Gasteiger partial charge in [0.2, 0.25) is 5.88 Å². The first-order valence-electron chi connectivity index (χ1n) is 10.3. The van der Waals surface area contributed by atoms with Gasteiger partial charge in [-0.2, -0.15) is 0 Å². The quantitative estimate of drug-likeness (QED) is 0.480. The van der Waals surface area contributed by atoms with E-state index in [9.17, 15) is 0 Å². The van der Waals surface area contributed by atoms with Gasteiger partial charge in [0.15, 0.2) is 0 Å². The number of furan rings is 1. The molecule has 2 heteroatoms. The topological polar surface area (TPSA) is 16.4 Å². The third kappa shape index (κ3) is 2.88. The Balaban J connectivity index is 1.78. The lowest BCUT2D eigenvalue weighted by Crippen LogP contribution is -2.18. The van der Waals surface area contributed by atoms with Crippen LogP contribution < -0.4 is 4.90 Å². The molecule has 0 saturated heterocycles. The van der Waals surface area contributed by atoms with Crippen LogP contribution in [-0.4, -0.2) is 0 Å². The lowest BCUT2D eigenvalue weighted by Gasteiger charge is -2.31. The van der Waals surface area contributed by atoms with Crippen molar-refractivity contribution in [3.8, 4) is 0 Å². The van der Waals surface area contributed by atoms with E-state index in [4.69, 9.17) is 4.42 Å². The monoisotopic (exact) mass is 357 g/mol. The molecule has 0 N–H and O–H groups in total. The standard InChI is InChI=1S/C25H27NO/c1-17-13-14-23-20(15-17)9-5-10-21-16-18(2)27-25(21)26(23)24-12-6-8-19-7-3-4-11-22(19)24/h6,8,12-16H,3-5,7,9-11H2,1-2H3. The van der Waals surface area contributed by atoms with E-state index in [-0.39, 0.29) is 0 Å². The maximum Gasteiger partial charge on any atom is 0.207 e. The zero-order chi connectivity index (χ0) is 18.4. The first-order chi connectivity index (χ1) is 13.2. The molecule has 5 rings (SSSR count). The fourth-order valence-corrected chi connectivity index (χ4v) is 4.84. The van der Waals surface area contributed by atoms with Crippen molar-refractivity contribution in [1.29, 1.82) is 0 Å². The highest BCUT2D eigenvalue weighted by molar-refractivity contribution is 5.80. The van der Waals surface area contributed by atoms with Crippen LogP contribution in [0.1, 0.15) is 52.8 Å². The summed E-state index contributed by atoms with van der Waals surface area (Å²) in [5.74, 6) is 2.03. The van der Waals surface area contributed by atoms with Crippen molar-refractivity contribution in [2.24, 2.45) is 0 Å². The van der Waals surface area contributed by atoms with E-state index >= 15 is 0 Å². The summed E-state index contributed by atoms with van der Waals surface area (Å²) in [7, 11) is 0. The second kappa shape index (κ2) is 6.60. The Morgan fingerprint density at radius 3 is 2.48 bits per heavy atom. The van der Waals surface area contributed by atoms with E-state index < -0.39 is 0 Å². The Morgan fingerprint density at radius 1 is 0.741 bits per heavy atom. The minimum atomic E-state index is 1.00. The molecule has 1 aromatic heterocycles. The number of hydrogen-bond donors (Lipinski definition) is 0. The molecule has 27 heavy (non-hydrogen) atoms. The summed E-state index contributed by atoms with van der Waals surface area (Å²) in [6, 6.07) is 15.9. The first kappa shape index (κ1) is 16.7. The van der Waals surface area contributed by atoms with Crippen molar-refractivity contribution in [2.75, 3.05) is 4.90 Å². The van der Waals surface area contributed by atoms with Crippen molar-refractivity contribution in [3.05, 3.63) is 76.0 Å². The van der Waals surface area contributed by atoms with Gasteiger partial charge in [0.25, 0.3) is 0 Å². The number of fused-ring (bicyclic) bond motifs is 3. The van der Waals surface area contributed by atoms with Gasteiger partial charge in [-0.05, 0) is 93.7 Å². The fourth-order valence-electron chi connectivity index (χ4n) is 4.84. The molecule has 138 valence electrons. The maximum absolute atomic E-state index is 6.31. The zero-order valence-electron chi connectivity index (χ0n) is 16.3. The van der Waals surface area contributed by atoms with Gasteiger partial charge in [-0.3, -0.25) is 4.90 Å². The molecule has 0 atom stereocenters. The van der Waals surface area contributed by atoms with Gasteiger partial charge in [0.05, 0.1) is 11.4 Å². The Kier molecular flexibility index (Phi) is 4.07. The molecule has 1 aliphatic heterocycles. The smallest absolute Gasteiger partial charge is 0.207 e. The normalized spacial score (nSPS) is 16.1. The van der Waals surface area contributed by atoms with Crippen LogP contribution in [0.5, 0.6) is 0 Å². The largest absolute Gasteiger partial charge is 0.445 e. The zero-order valence-corrected chi connectivity index (χ0v) is 16.3. The van der Waals surface area contributed by atoms with Crippen LogP contribution in [0.4, 0.5) is 17.3 Å². The molecule has 2 aliphatic rings. The molecule has 2 heterocycles. The number of anilines is 3. The summed E-state index contributed by atoms with van der Waals surface area (Å²) in [6.07, 6.45) is 8.31. The molecule has 0 bridgehead atoms. The second-order valence-corrected chi connectivity index (χ2v) is 8.13. The van der Waals surface area contributed by atoms with Crippen LogP contribution in [0, 0.1) is 13.8 Å². The van der Waals surface area contributed by atoms with Gasteiger partial charge in [0, 0.05) is 5.56 Å². The highest BCUT2D eigenvalue weighted by Crippen LogP contribution is 2.45. The van der Waals surface area contributed by atoms with Crippen LogP contribution in [0.3, 0.4) is 0 Å². The number of aryl methyl sites for hydroxylation is 5. The Bertz CT molecular complexity index is 998. The SMILES string of the molecule is Cc1ccc2c(c1)CCCc1cc(C)oc1N2c1cccc2c1CCCC2. The predicted molar refractivity (Wildman–Crippen MR) is 112 cm³/mol. The number of hydrogen-bond acceptors (Lipinski definition) is 2. The number of rotatable bonds is 1. The maximum atomic E-state index is 6.31. The Morgan fingerprint density at radius 2 is 1.56 bits per heavy atom. The van der Waals surface area contributed by atoms with Gasteiger partial charge >= 0.3 is 0 Å². The molecule has 2 aromatic carbocycles. The number of nitrogens with zero attached hydrogens (tertiary/aromatic N) is 1. The van der Waals surface area contributed by atoms with E-state index in [1.165, 1.54) is 64.9 Å². The molecule has 0 unspecified atom stereocenters. The third-order valence-electron chi connectivity index (χ3n) is 6.09. The summed E-state index contributed by atoms with van der Waals surface area (Å²) in [5.41, 5.74) is 9.73. The van der Waals surface area contributed by atoms with E-state index in [0.29, 0.717) is 0 Å². The van der Waals surface area contributed by atoms with Crippen LogP contribution >= 0.6 is 0 Å². The summed E-state index contributed by atoms with van der Waals surface area (Å²) < 4.78 is 6.31. The first-order valence-corrected chi connectivity index (χ1v) is 10.3. The fraction of sp³-hybridized carbons (Fsp3) is 0.360. The minimum absolute atomic E-state index is 1.00. The van der Waals surface area contributed by atoms with Gasteiger partial charge in [-0.15, -0.1) is 0 Å². The van der Waals surface area contributed by atoms with Gasteiger partial charge in [-0.1, -0.05) is 29.8 Å². The highest BCUT2D eigenvalue weighted by atomic mass is 16.4. The second-order valence-electron chi connectivity index (χ2n) is 8.13. The molecule has 1 aliphatic carbocycles. The third-order valence-corrected chi connectivity index (χ3v) is 6.09. The van der Waals surface area contributed by atoms with Crippen molar-refractivity contribution in [2.45, 2.75) is 58.8 Å². The van der Waals surface area contributed by atoms with Crippen LogP contribution in [0.25, 0.3) is 0 Å². The van der Waals surface area contributed by atoms with E-state index in [0.717, 1.165) is 30.9 Å². The summed E-state index contributed by atoms with van der Waals surface area (Å²) in [5, 5.41) is 0. The molecular weight excluding hydrogens is 330 g/mol. The van der Waals surface area contributed by atoms with Gasteiger partial charge in [0.1, 0.15) is 5.76 Å². The van der Waals surface area contributed by atoms with Gasteiger partial charge < -0.3 is 4.42 Å². The van der Waals surface area contributed by atoms with Crippen LogP contribution in [0.15, 0.2) is 46.9 Å². The van der Waals surface area contributed by atoms with Gasteiger partial charge in [-0.25, -0.2) is 0 Å². The van der Waals surface area contributed by atoms with E-state index in [1.807, 2.05) is 0 Å². The highest BCUT2D eigenvalue weighted by Gasteiger charge is 2.27.